The molecule has 1 aromatic heterocycles. The van der Waals surface area contributed by atoms with Gasteiger partial charge >= 0.3 is 6.01 Å². The predicted octanol–water partition coefficient (Wildman–Crippen LogP) is 0.427. The monoisotopic (exact) mass is 298 g/mol. The van der Waals surface area contributed by atoms with E-state index in [1.807, 2.05) is 25.9 Å². The van der Waals surface area contributed by atoms with Gasteiger partial charge in [-0.15, -0.1) is 0 Å². The van der Waals surface area contributed by atoms with E-state index in [2.05, 4.69) is 25.6 Å². The Hall–Kier alpha value is -1.67. The lowest BCUT2D eigenvalue weighted by Crippen LogP contribution is -2.43. The molecule has 0 spiro atoms. The van der Waals surface area contributed by atoms with E-state index in [-0.39, 0.29) is 6.01 Å². The molecule has 1 heterocycles. The molecular formula is C13H26N6O2. The SMILES string of the molecule is CCCOc1nc(NC)nc(NCC(C)(O)CN(C)C)n1. The third kappa shape index (κ3) is 6.54. The average molecular weight is 298 g/mol. The number of nitrogens with zero attached hydrogens (tertiary/aromatic N) is 4. The normalized spacial score (nSPS) is 13.9. The zero-order chi connectivity index (χ0) is 15.9. The first-order valence-electron chi connectivity index (χ1n) is 7.04. The fourth-order valence-corrected chi connectivity index (χ4v) is 1.81. The Morgan fingerprint density at radius 3 is 2.48 bits per heavy atom. The summed E-state index contributed by atoms with van der Waals surface area (Å²) in [7, 11) is 5.55. The van der Waals surface area contributed by atoms with Crippen LogP contribution in [0.15, 0.2) is 0 Å². The molecule has 1 unspecified atom stereocenters. The molecule has 0 amide bonds. The van der Waals surface area contributed by atoms with E-state index in [0.29, 0.717) is 31.6 Å². The number of aliphatic hydroxyl groups is 1. The van der Waals surface area contributed by atoms with Crippen LogP contribution in [0.3, 0.4) is 0 Å². The summed E-state index contributed by atoms with van der Waals surface area (Å²) >= 11 is 0. The summed E-state index contributed by atoms with van der Waals surface area (Å²) in [5.74, 6) is 0.797. The van der Waals surface area contributed by atoms with E-state index in [1.165, 1.54) is 0 Å². The topological polar surface area (TPSA) is 95.4 Å². The first-order chi connectivity index (χ1) is 9.86. The second kappa shape index (κ2) is 7.94. The number of likely N-dealkylation sites (N-methyl/N-ethyl adjacent to an activating group) is 1. The summed E-state index contributed by atoms with van der Waals surface area (Å²) in [5, 5.41) is 16.1. The molecule has 1 atom stereocenters. The van der Waals surface area contributed by atoms with Gasteiger partial charge in [-0.1, -0.05) is 6.92 Å². The molecule has 0 aliphatic rings. The minimum absolute atomic E-state index is 0.269. The molecule has 1 rings (SSSR count). The van der Waals surface area contributed by atoms with Crippen LogP contribution in [-0.2, 0) is 0 Å². The molecule has 3 N–H and O–H groups in total. The lowest BCUT2D eigenvalue weighted by molar-refractivity contribution is 0.0458. The van der Waals surface area contributed by atoms with E-state index >= 15 is 0 Å². The summed E-state index contributed by atoms with van der Waals surface area (Å²) in [6, 6.07) is 0.269. The van der Waals surface area contributed by atoms with Crippen LogP contribution in [0.25, 0.3) is 0 Å². The molecule has 0 bridgehead atoms. The van der Waals surface area contributed by atoms with Crippen LogP contribution in [0.1, 0.15) is 20.3 Å². The standard InChI is InChI=1S/C13H26N6O2/c1-6-7-21-12-17-10(14-3)16-11(18-12)15-8-13(2,20)9-19(4)5/h20H,6-9H2,1-5H3,(H2,14,15,16,17,18). The highest BCUT2D eigenvalue weighted by Gasteiger charge is 2.21. The van der Waals surface area contributed by atoms with E-state index < -0.39 is 5.60 Å². The van der Waals surface area contributed by atoms with Gasteiger partial charge in [-0.3, -0.25) is 0 Å². The number of hydrogen-bond donors (Lipinski definition) is 3. The molecule has 8 heteroatoms. The number of hydrogen-bond acceptors (Lipinski definition) is 8. The largest absolute Gasteiger partial charge is 0.463 e. The molecule has 0 radical (unpaired) electrons. The minimum Gasteiger partial charge on any atom is -0.463 e. The van der Waals surface area contributed by atoms with Crippen LogP contribution in [-0.4, -0.2) is 71.4 Å². The maximum absolute atomic E-state index is 10.3. The van der Waals surface area contributed by atoms with Crippen molar-refractivity contribution in [3.63, 3.8) is 0 Å². The van der Waals surface area contributed by atoms with Crippen molar-refractivity contribution in [1.82, 2.24) is 19.9 Å². The highest BCUT2D eigenvalue weighted by molar-refractivity contribution is 5.35. The van der Waals surface area contributed by atoms with E-state index in [0.717, 1.165) is 6.42 Å². The van der Waals surface area contributed by atoms with E-state index in [9.17, 15) is 5.11 Å². The van der Waals surface area contributed by atoms with Crippen molar-refractivity contribution in [2.45, 2.75) is 25.9 Å². The summed E-state index contributed by atoms with van der Waals surface area (Å²) in [6.45, 7) is 5.17. The lowest BCUT2D eigenvalue weighted by Gasteiger charge is -2.27. The van der Waals surface area contributed by atoms with Gasteiger partial charge in [0.05, 0.1) is 12.2 Å². The highest BCUT2D eigenvalue weighted by atomic mass is 16.5. The molecule has 0 fully saturated rings. The first-order valence-corrected chi connectivity index (χ1v) is 7.04. The van der Waals surface area contributed by atoms with Gasteiger partial charge in [-0.25, -0.2) is 0 Å². The lowest BCUT2D eigenvalue weighted by atomic mass is 10.1. The maximum atomic E-state index is 10.3. The third-order valence-electron chi connectivity index (χ3n) is 2.56. The van der Waals surface area contributed by atoms with Gasteiger partial charge in [0.15, 0.2) is 0 Å². The van der Waals surface area contributed by atoms with Crippen LogP contribution in [0.2, 0.25) is 0 Å². The number of rotatable bonds is 9. The summed E-state index contributed by atoms with van der Waals surface area (Å²) < 4.78 is 5.42. The van der Waals surface area contributed by atoms with Gasteiger partial charge in [0.2, 0.25) is 11.9 Å². The predicted molar refractivity (Wildman–Crippen MR) is 82.8 cm³/mol. The van der Waals surface area contributed by atoms with E-state index in [1.54, 1.807) is 14.0 Å². The van der Waals surface area contributed by atoms with Crippen molar-refractivity contribution in [2.24, 2.45) is 0 Å². The first kappa shape index (κ1) is 17.4. The fourth-order valence-electron chi connectivity index (χ4n) is 1.81. The zero-order valence-electron chi connectivity index (χ0n) is 13.5. The average Bonchev–Trinajstić information content (AvgIpc) is 2.41. The number of nitrogens with one attached hydrogen (secondary N) is 2. The van der Waals surface area contributed by atoms with Gasteiger partial charge in [-0.2, -0.15) is 15.0 Å². The summed E-state index contributed by atoms with van der Waals surface area (Å²) in [6.07, 6.45) is 0.876. The quantitative estimate of drug-likeness (QED) is 0.604. The van der Waals surface area contributed by atoms with Gasteiger partial charge < -0.3 is 25.4 Å². The van der Waals surface area contributed by atoms with Gasteiger partial charge in [0.1, 0.15) is 0 Å². The second-order valence-corrected chi connectivity index (χ2v) is 5.45. The van der Waals surface area contributed by atoms with Crippen molar-refractivity contribution in [3.8, 4) is 6.01 Å². The van der Waals surface area contributed by atoms with Crippen LogP contribution in [0.4, 0.5) is 11.9 Å². The van der Waals surface area contributed by atoms with Crippen LogP contribution < -0.4 is 15.4 Å². The minimum atomic E-state index is -0.889. The molecular weight excluding hydrogens is 272 g/mol. The molecule has 1 aromatic rings. The Morgan fingerprint density at radius 2 is 1.90 bits per heavy atom. The van der Waals surface area contributed by atoms with Crippen LogP contribution >= 0.6 is 0 Å². The molecule has 0 saturated carbocycles. The summed E-state index contributed by atoms with van der Waals surface area (Å²) in [4.78, 5) is 14.4. The Balaban J connectivity index is 2.73. The third-order valence-corrected chi connectivity index (χ3v) is 2.56. The molecule has 8 nitrogen and oxygen atoms in total. The Labute approximate surface area is 126 Å². The van der Waals surface area contributed by atoms with E-state index in [4.69, 9.17) is 4.74 Å². The van der Waals surface area contributed by atoms with Gasteiger partial charge in [-0.05, 0) is 27.4 Å². The van der Waals surface area contributed by atoms with Crippen LogP contribution in [0, 0.1) is 0 Å². The second-order valence-electron chi connectivity index (χ2n) is 5.45. The van der Waals surface area contributed by atoms with Gasteiger partial charge in [0.25, 0.3) is 0 Å². The molecule has 0 aliphatic heterocycles. The Morgan fingerprint density at radius 1 is 1.24 bits per heavy atom. The van der Waals surface area contributed by atoms with Crippen molar-refractivity contribution in [3.05, 3.63) is 0 Å². The van der Waals surface area contributed by atoms with Crippen molar-refractivity contribution in [1.29, 1.82) is 0 Å². The zero-order valence-corrected chi connectivity index (χ0v) is 13.5. The summed E-state index contributed by atoms with van der Waals surface area (Å²) in [5.41, 5.74) is -0.889. The van der Waals surface area contributed by atoms with Crippen molar-refractivity contribution < 1.29 is 9.84 Å². The molecule has 120 valence electrons. The maximum Gasteiger partial charge on any atom is 0.323 e. The molecule has 0 aromatic carbocycles. The number of ether oxygens (including phenoxy) is 1. The smallest absolute Gasteiger partial charge is 0.323 e. The number of aromatic nitrogens is 3. The fraction of sp³-hybridized carbons (Fsp3) is 0.769. The van der Waals surface area contributed by atoms with Gasteiger partial charge in [0, 0.05) is 20.1 Å². The molecule has 0 saturated heterocycles. The molecule has 0 aliphatic carbocycles. The number of anilines is 2. The molecule has 21 heavy (non-hydrogen) atoms. The van der Waals surface area contributed by atoms with Crippen molar-refractivity contribution >= 4 is 11.9 Å². The Bertz CT molecular complexity index is 439. The van der Waals surface area contributed by atoms with Crippen molar-refractivity contribution in [2.75, 3.05) is 51.5 Å². The highest BCUT2D eigenvalue weighted by Crippen LogP contribution is 2.12. The Kier molecular flexibility index (Phi) is 6.57. The van der Waals surface area contributed by atoms with Crippen LogP contribution in [0.5, 0.6) is 6.01 Å².